The predicted molar refractivity (Wildman–Crippen MR) is 54.3 cm³/mol. The molecule has 1 nitrogen and oxygen atoms in total. The van der Waals surface area contributed by atoms with E-state index in [1.807, 2.05) is 0 Å². The first-order chi connectivity index (χ1) is 7.45. The Kier molecular flexibility index (Phi) is 2.82. The highest BCUT2D eigenvalue weighted by atomic mass is 19.4. The highest BCUT2D eigenvalue weighted by Crippen LogP contribution is 2.34. The maximum Gasteiger partial charge on any atom is 0.416 e. The van der Waals surface area contributed by atoms with Crippen molar-refractivity contribution < 1.29 is 17.9 Å². The molecular formula is C12H13F3O. The second kappa shape index (κ2) is 4.00. The molecule has 1 fully saturated rings. The summed E-state index contributed by atoms with van der Waals surface area (Å²) in [5, 5.41) is 0. The van der Waals surface area contributed by atoms with Gasteiger partial charge in [0.2, 0.25) is 0 Å². The summed E-state index contributed by atoms with van der Waals surface area (Å²) in [6.45, 7) is 2.10. The van der Waals surface area contributed by atoms with Crippen molar-refractivity contribution in [1.82, 2.24) is 0 Å². The highest BCUT2D eigenvalue weighted by molar-refractivity contribution is 5.30. The SMILES string of the molecule is CC1CC(Oc2cccc(C(F)(F)F)c2)C1. The van der Waals surface area contributed by atoms with Crippen LogP contribution in [0.5, 0.6) is 5.75 Å². The zero-order chi connectivity index (χ0) is 11.8. The van der Waals surface area contributed by atoms with E-state index in [0.717, 1.165) is 25.0 Å². The van der Waals surface area contributed by atoms with Crippen LogP contribution in [-0.4, -0.2) is 6.10 Å². The fourth-order valence-electron chi connectivity index (χ4n) is 1.86. The molecule has 0 unspecified atom stereocenters. The van der Waals surface area contributed by atoms with Crippen molar-refractivity contribution in [3.8, 4) is 5.75 Å². The summed E-state index contributed by atoms with van der Waals surface area (Å²) in [7, 11) is 0. The van der Waals surface area contributed by atoms with Crippen molar-refractivity contribution >= 4 is 0 Å². The van der Waals surface area contributed by atoms with E-state index in [1.165, 1.54) is 6.07 Å². The van der Waals surface area contributed by atoms with Gasteiger partial charge in [-0.1, -0.05) is 13.0 Å². The Hall–Kier alpha value is -1.19. The largest absolute Gasteiger partial charge is 0.490 e. The fourth-order valence-corrected chi connectivity index (χ4v) is 1.86. The van der Waals surface area contributed by atoms with E-state index >= 15 is 0 Å². The van der Waals surface area contributed by atoms with Crippen LogP contribution < -0.4 is 4.74 Å². The maximum absolute atomic E-state index is 12.4. The lowest BCUT2D eigenvalue weighted by molar-refractivity contribution is -0.137. The molecule has 0 aliphatic heterocycles. The Morgan fingerprint density at radius 2 is 1.94 bits per heavy atom. The van der Waals surface area contributed by atoms with Gasteiger partial charge in [0.25, 0.3) is 0 Å². The van der Waals surface area contributed by atoms with Crippen LogP contribution in [0.15, 0.2) is 24.3 Å². The first-order valence-corrected chi connectivity index (χ1v) is 5.29. The molecule has 1 aliphatic carbocycles. The van der Waals surface area contributed by atoms with Crippen LogP contribution in [-0.2, 0) is 6.18 Å². The molecule has 0 heterocycles. The van der Waals surface area contributed by atoms with Crippen molar-refractivity contribution in [2.45, 2.75) is 32.0 Å². The van der Waals surface area contributed by atoms with E-state index in [-0.39, 0.29) is 6.10 Å². The van der Waals surface area contributed by atoms with Gasteiger partial charge in [0.15, 0.2) is 0 Å². The summed E-state index contributed by atoms with van der Waals surface area (Å²) >= 11 is 0. The number of rotatable bonds is 2. The van der Waals surface area contributed by atoms with E-state index in [2.05, 4.69) is 6.92 Å². The molecule has 0 bridgehead atoms. The summed E-state index contributed by atoms with van der Waals surface area (Å²) in [6.07, 6.45) is -2.36. The second-order valence-corrected chi connectivity index (χ2v) is 4.34. The molecular weight excluding hydrogens is 217 g/mol. The van der Waals surface area contributed by atoms with E-state index in [0.29, 0.717) is 11.7 Å². The highest BCUT2D eigenvalue weighted by Gasteiger charge is 2.31. The predicted octanol–water partition coefficient (Wildman–Crippen LogP) is 3.88. The van der Waals surface area contributed by atoms with Crippen LogP contribution in [0.2, 0.25) is 0 Å². The van der Waals surface area contributed by atoms with Crippen LogP contribution >= 0.6 is 0 Å². The monoisotopic (exact) mass is 230 g/mol. The molecule has 0 amide bonds. The van der Waals surface area contributed by atoms with Crippen molar-refractivity contribution in [2.75, 3.05) is 0 Å². The summed E-state index contributed by atoms with van der Waals surface area (Å²) < 4.78 is 42.7. The Bertz CT molecular complexity index is 367. The quantitative estimate of drug-likeness (QED) is 0.749. The van der Waals surface area contributed by atoms with Crippen LogP contribution in [0.1, 0.15) is 25.3 Å². The molecule has 88 valence electrons. The number of hydrogen-bond donors (Lipinski definition) is 0. The zero-order valence-corrected chi connectivity index (χ0v) is 8.92. The van der Waals surface area contributed by atoms with Gasteiger partial charge in [0.1, 0.15) is 5.75 Å². The van der Waals surface area contributed by atoms with Gasteiger partial charge in [-0.3, -0.25) is 0 Å². The van der Waals surface area contributed by atoms with E-state index < -0.39 is 11.7 Å². The normalized spacial score (nSPS) is 25.0. The van der Waals surface area contributed by atoms with Gasteiger partial charge in [-0.15, -0.1) is 0 Å². The minimum Gasteiger partial charge on any atom is -0.490 e. The number of alkyl halides is 3. The Morgan fingerprint density at radius 1 is 1.25 bits per heavy atom. The molecule has 4 heteroatoms. The van der Waals surface area contributed by atoms with E-state index in [1.54, 1.807) is 6.07 Å². The molecule has 0 atom stereocenters. The topological polar surface area (TPSA) is 9.23 Å². The molecule has 1 aliphatic rings. The molecule has 1 saturated carbocycles. The number of ether oxygens (including phenoxy) is 1. The molecule has 16 heavy (non-hydrogen) atoms. The zero-order valence-electron chi connectivity index (χ0n) is 8.92. The van der Waals surface area contributed by atoms with Crippen molar-refractivity contribution in [1.29, 1.82) is 0 Å². The van der Waals surface area contributed by atoms with Gasteiger partial charge in [-0.25, -0.2) is 0 Å². The Balaban J connectivity index is 2.05. The third-order valence-electron chi connectivity index (χ3n) is 2.79. The Morgan fingerprint density at radius 3 is 2.50 bits per heavy atom. The molecule has 0 spiro atoms. The number of benzene rings is 1. The molecule has 1 aromatic rings. The summed E-state index contributed by atoms with van der Waals surface area (Å²) in [5.74, 6) is 0.933. The van der Waals surface area contributed by atoms with Crippen molar-refractivity contribution in [2.24, 2.45) is 5.92 Å². The smallest absolute Gasteiger partial charge is 0.416 e. The molecule has 0 radical (unpaired) electrons. The lowest BCUT2D eigenvalue weighted by atomic mass is 9.84. The molecule has 1 aromatic carbocycles. The number of halogens is 3. The standard InChI is InChI=1S/C12H13F3O/c1-8-5-11(6-8)16-10-4-2-3-9(7-10)12(13,14)15/h2-4,7-8,11H,5-6H2,1H3. The van der Waals surface area contributed by atoms with Crippen LogP contribution in [0.4, 0.5) is 13.2 Å². The Labute approximate surface area is 92.2 Å². The average Bonchev–Trinajstić information content (AvgIpc) is 2.14. The first kappa shape index (κ1) is 11.3. The minimum absolute atomic E-state index is 0.0819. The van der Waals surface area contributed by atoms with Gasteiger partial charge in [-0.05, 0) is 37.0 Å². The van der Waals surface area contributed by atoms with Gasteiger partial charge >= 0.3 is 6.18 Å². The van der Waals surface area contributed by atoms with Gasteiger partial charge < -0.3 is 4.74 Å². The number of hydrogen-bond acceptors (Lipinski definition) is 1. The van der Waals surface area contributed by atoms with E-state index in [9.17, 15) is 13.2 Å². The average molecular weight is 230 g/mol. The van der Waals surface area contributed by atoms with Gasteiger partial charge in [-0.2, -0.15) is 13.2 Å². The van der Waals surface area contributed by atoms with Gasteiger partial charge in [0.05, 0.1) is 11.7 Å². The minimum atomic E-state index is -4.30. The van der Waals surface area contributed by atoms with Crippen LogP contribution in [0, 0.1) is 5.92 Å². The summed E-state index contributed by atoms with van der Waals surface area (Å²) in [6, 6.07) is 5.05. The summed E-state index contributed by atoms with van der Waals surface area (Å²) in [4.78, 5) is 0. The first-order valence-electron chi connectivity index (χ1n) is 5.29. The maximum atomic E-state index is 12.4. The van der Waals surface area contributed by atoms with Crippen LogP contribution in [0.25, 0.3) is 0 Å². The van der Waals surface area contributed by atoms with Gasteiger partial charge in [0, 0.05) is 0 Å². The molecule has 2 rings (SSSR count). The third-order valence-corrected chi connectivity index (χ3v) is 2.79. The third kappa shape index (κ3) is 2.49. The van der Waals surface area contributed by atoms with Crippen molar-refractivity contribution in [3.05, 3.63) is 29.8 Å². The van der Waals surface area contributed by atoms with E-state index in [4.69, 9.17) is 4.74 Å². The lowest BCUT2D eigenvalue weighted by Gasteiger charge is -2.32. The second-order valence-electron chi connectivity index (χ2n) is 4.34. The fraction of sp³-hybridized carbons (Fsp3) is 0.500. The van der Waals surface area contributed by atoms with Crippen LogP contribution in [0.3, 0.4) is 0 Å². The summed E-state index contributed by atoms with van der Waals surface area (Å²) in [5.41, 5.74) is -0.655. The molecule has 0 saturated heterocycles. The molecule has 0 N–H and O–H groups in total. The lowest BCUT2D eigenvalue weighted by Crippen LogP contribution is -2.31. The molecule has 0 aromatic heterocycles. The van der Waals surface area contributed by atoms with Crippen molar-refractivity contribution in [3.63, 3.8) is 0 Å².